The molecule has 0 aliphatic rings. The minimum atomic E-state index is -0.637. The molecule has 0 amide bonds. The van der Waals surface area contributed by atoms with Gasteiger partial charge >= 0.3 is 5.97 Å². The maximum atomic E-state index is 14.4. The Labute approximate surface area is 166 Å². The molecule has 3 aromatic rings. The third kappa shape index (κ3) is 3.99. The van der Waals surface area contributed by atoms with E-state index >= 15 is 0 Å². The zero-order valence-corrected chi connectivity index (χ0v) is 16.6. The number of aromatic nitrogens is 1. The van der Waals surface area contributed by atoms with Gasteiger partial charge in [0.15, 0.2) is 11.6 Å². The number of halogens is 2. The Morgan fingerprint density at radius 2 is 1.76 bits per heavy atom. The Morgan fingerprint density at radius 3 is 2.34 bits per heavy atom. The molecule has 1 aromatic heterocycles. The Hall–Kier alpha value is -3.22. The number of carbonyl (C=O) groups excluding carboxylic acids is 2. The molecule has 0 saturated heterocycles. The summed E-state index contributed by atoms with van der Waals surface area (Å²) in [5.74, 6) is -2.02. The first-order valence-electron chi connectivity index (χ1n) is 9.10. The molecule has 0 N–H and O–H groups in total. The molecule has 152 valence electrons. The van der Waals surface area contributed by atoms with Gasteiger partial charge in [-0.2, -0.15) is 0 Å². The van der Waals surface area contributed by atoms with Crippen LogP contribution < -0.4 is 4.74 Å². The molecule has 0 unspecified atom stereocenters. The number of nitrogens with zero attached hydrogens (tertiary/aromatic N) is 1. The summed E-state index contributed by atoms with van der Waals surface area (Å²) in [7, 11) is 1.34. The molecule has 7 heteroatoms. The molecule has 0 radical (unpaired) electrons. The van der Waals surface area contributed by atoms with Gasteiger partial charge in [0.05, 0.1) is 25.2 Å². The molecule has 2 aromatic carbocycles. The van der Waals surface area contributed by atoms with Gasteiger partial charge in [-0.15, -0.1) is 0 Å². The third-order valence-electron chi connectivity index (χ3n) is 4.59. The number of hydrogen-bond acceptors (Lipinski definition) is 4. The van der Waals surface area contributed by atoms with Crippen LogP contribution in [0.2, 0.25) is 0 Å². The summed E-state index contributed by atoms with van der Waals surface area (Å²) in [5, 5.41) is 0.511. The fourth-order valence-electron chi connectivity index (χ4n) is 3.29. The monoisotopic (exact) mass is 401 g/mol. The summed E-state index contributed by atoms with van der Waals surface area (Å²) < 4.78 is 39.2. The summed E-state index contributed by atoms with van der Waals surface area (Å²) >= 11 is 0. The van der Waals surface area contributed by atoms with Crippen LogP contribution >= 0.6 is 0 Å². The van der Waals surface area contributed by atoms with Crippen LogP contribution in [0.15, 0.2) is 36.4 Å². The lowest BCUT2D eigenvalue weighted by molar-refractivity contribution is -0.146. The number of esters is 1. The van der Waals surface area contributed by atoms with E-state index in [4.69, 9.17) is 9.47 Å². The second-order valence-corrected chi connectivity index (χ2v) is 6.93. The van der Waals surface area contributed by atoms with Crippen LogP contribution in [0.5, 0.6) is 5.75 Å². The van der Waals surface area contributed by atoms with Gasteiger partial charge in [0, 0.05) is 22.7 Å². The van der Waals surface area contributed by atoms with Crippen LogP contribution in [0.1, 0.15) is 35.5 Å². The van der Waals surface area contributed by atoms with E-state index in [1.165, 1.54) is 48.1 Å². The highest BCUT2D eigenvalue weighted by Crippen LogP contribution is 2.32. The first-order chi connectivity index (χ1) is 13.7. The van der Waals surface area contributed by atoms with Crippen molar-refractivity contribution in [3.63, 3.8) is 0 Å². The van der Waals surface area contributed by atoms with Gasteiger partial charge in [0.25, 0.3) is 5.91 Å². The van der Waals surface area contributed by atoms with E-state index in [9.17, 15) is 18.4 Å². The van der Waals surface area contributed by atoms with Crippen molar-refractivity contribution in [1.82, 2.24) is 4.57 Å². The lowest BCUT2D eigenvalue weighted by Crippen LogP contribution is -2.16. The molecule has 0 spiro atoms. The topological polar surface area (TPSA) is 57.5 Å². The van der Waals surface area contributed by atoms with Gasteiger partial charge in [-0.25, -0.2) is 8.78 Å². The van der Waals surface area contributed by atoms with Gasteiger partial charge < -0.3 is 9.47 Å². The second-order valence-electron chi connectivity index (χ2n) is 6.93. The molecule has 0 aliphatic carbocycles. The number of ether oxygens (including phenoxy) is 2. The van der Waals surface area contributed by atoms with Crippen molar-refractivity contribution in [2.75, 3.05) is 7.11 Å². The Kier molecular flexibility index (Phi) is 5.68. The lowest BCUT2D eigenvalue weighted by Gasteiger charge is -2.09. The third-order valence-corrected chi connectivity index (χ3v) is 4.59. The minimum Gasteiger partial charge on any atom is -0.494 e. The lowest BCUT2D eigenvalue weighted by atomic mass is 10.1. The highest BCUT2D eigenvalue weighted by Gasteiger charge is 2.24. The highest BCUT2D eigenvalue weighted by atomic mass is 19.1. The van der Waals surface area contributed by atoms with E-state index in [0.717, 1.165) is 0 Å². The van der Waals surface area contributed by atoms with Crippen LogP contribution in [-0.2, 0) is 16.0 Å². The fraction of sp³-hybridized carbons (Fsp3) is 0.273. The van der Waals surface area contributed by atoms with Gasteiger partial charge in [0.1, 0.15) is 5.82 Å². The highest BCUT2D eigenvalue weighted by molar-refractivity contribution is 6.05. The fourth-order valence-corrected chi connectivity index (χ4v) is 3.29. The van der Waals surface area contributed by atoms with E-state index in [-0.39, 0.29) is 23.8 Å². The van der Waals surface area contributed by atoms with Crippen LogP contribution in [0.25, 0.3) is 10.9 Å². The summed E-state index contributed by atoms with van der Waals surface area (Å²) in [6, 6.07) is 7.73. The van der Waals surface area contributed by atoms with Gasteiger partial charge in [0.2, 0.25) is 0 Å². The van der Waals surface area contributed by atoms with E-state index in [2.05, 4.69) is 0 Å². The zero-order chi connectivity index (χ0) is 21.3. The van der Waals surface area contributed by atoms with Crippen molar-refractivity contribution in [2.24, 2.45) is 0 Å². The molecule has 0 aliphatic heterocycles. The standard InChI is InChI=1S/C22H21F2NO4/c1-12(2)29-21(26)10-16-13(3)25(22(27)14-5-7-15(23)8-6-14)19-11-18(24)20(28-4)9-17(16)19/h5-9,11-12H,10H2,1-4H3. The molecule has 0 atom stereocenters. The zero-order valence-electron chi connectivity index (χ0n) is 16.6. The average Bonchev–Trinajstić information content (AvgIpc) is 2.91. The maximum Gasteiger partial charge on any atom is 0.310 e. The van der Waals surface area contributed by atoms with Crippen LogP contribution in [0.3, 0.4) is 0 Å². The summed E-state index contributed by atoms with van der Waals surface area (Å²) in [6.07, 6.45) is -0.372. The van der Waals surface area contributed by atoms with Crippen LogP contribution in [0, 0.1) is 18.6 Å². The Morgan fingerprint density at radius 1 is 1.10 bits per heavy atom. The molecule has 29 heavy (non-hydrogen) atoms. The van der Waals surface area contributed by atoms with Crippen molar-refractivity contribution in [3.05, 3.63) is 64.9 Å². The van der Waals surface area contributed by atoms with E-state index in [0.29, 0.717) is 22.2 Å². The van der Waals surface area contributed by atoms with Gasteiger partial charge in [-0.05, 0) is 56.7 Å². The first kappa shape index (κ1) is 20.5. The molecular formula is C22H21F2NO4. The number of methoxy groups -OCH3 is 1. The minimum absolute atomic E-state index is 0.00218. The normalized spacial score (nSPS) is 11.1. The van der Waals surface area contributed by atoms with E-state index < -0.39 is 23.5 Å². The van der Waals surface area contributed by atoms with Gasteiger partial charge in [-0.1, -0.05) is 0 Å². The molecule has 0 bridgehead atoms. The summed E-state index contributed by atoms with van der Waals surface area (Å²) in [6.45, 7) is 5.15. The first-order valence-corrected chi connectivity index (χ1v) is 9.10. The number of fused-ring (bicyclic) bond motifs is 1. The molecule has 0 fully saturated rings. The number of rotatable bonds is 5. The SMILES string of the molecule is COc1cc2c(CC(=O)OC(C)C)c(C)n(C(=O)c3ccc(F)cc3)c2cc1F. The largest absolute Gasteiger partial charge is 0.494 e. The van der Waals surface area contributed by atoms with Crippen molar-refractivity contribution < 1.29 is 27.8 Å². The smallest absolute Gasteiger partial charge is 0.310 e. The van der Waals surface area contributed by atoms with Crippen molar-refractivity contribution >= 4 is 22.8 Å². The summed E-state index contributed by atoms with van der Waals surface area (Å²) in [4.78, 5) is 25.4. The molecule has 1 heterocycles. The molecule has 3 rings (SSSR count). The predicted molar refractivity (Wildman–Crippen MR) is 104 cm³/mol. The van der Waals surface area contributed by atoms with Crippen molar-refractivity contribution in [2.45, 2.75) is 33.3 Å². The Balaban J connectivity index is 2.20. The van der Waals surface area contributed by atoms with Crippen LogP contribution in [0.4, 0.5) is 8.78 Å². The van der Waals surface area contributed by atoms with Crippen LogP contribution in [-0.4, -0.2) is 29.7 Å². The number of benzene rings is 2. The second kappa shape index (κ2) is 8.03. The van der Waals surface area contributed by atoms with Crippen molar-refractivity contribution in [1.29, 1.82) is 0 Å². The Bertz CT molecular complexity index is 1080. The number of hydrogen-bond donors (Lipinski definition) is 0. The summed E-state index contributed by atoms with van der Waals surface area (Å²) in [5.41, 5.74) is 1.54. The van der Waals surface area contributed by atoms with E-state index in [1.54, 1.807) is 20.8 Å². The molecular weight excluding hydrogens is 380 g/mol. The van der Waals surface area contributed by atoms with E-state index in [1.807, 2.05) is 0 Å². The van der Waals surface area contributed by atoms with Gasteiger partial charge in [-0.3, -0.25) is 14.2 Å². The average molecular weight is 401 g/mol. The molecule has 5 nitrogen and oxygen atoms in total. The predicted octanol–water partition coefficient (Wildman–Crippen LogP) is 4.42. The molecule has 0 saturated carbocycles. The number of carbonyl (C=O) groups is 2. The maximum absolute atomic E-state index is 14.4. The quantitative estimate of drug-likeness (QED) is 0.594. The van der Waals surface area contributed by atoms with Crippen molar-refractivity contribution in [3.8, 4) is 5.75 Å².